The zero-order chi connectivity index (χ0) is 3.41. The van der Waals surface area contributed by atoms with Crippen LogP contribution in [0.4, 0.5) is 0 Å². The highest BCUT2D eigenvalue weighted by molar-refractivity contribution is 3.50. The summed E-state index contributed by atoms with van der Waals surface area (Å²) in [5, 5.41) is 0. The lowest BCUT2D eigenvalue weighted by Crippen LogP contribution is -0.856. The van der Waals surface area contributed by atoms with Gasteiger partial charge in [0.25, 0.3) is 0 Å². The van der Waals surface area contributed by atoms with E-state index in [-0.39, 0.29) is 26.1 Å². The first-order valence-corrected chi connectivity index (χ1v) is 0.500. The highest BCUT2D eigenvalue weighted by Crippen LogP contribution is 1.14. The molecule has 0 bridgehead atoms. The van der Waals surface area contributed by atoms with Crippen molar-refractivity contribution in [2.75, 3.05) is 0 Å². The van der Waals surface area contributed by atoms with E-state index in [2.05, 4.69) is 0 Å². The van der Waals surface area contributed by atoms with Crippen LogP contribution in [0.1, 0.15) is 16.5 Å². The molecular formula is C2H12N2. The number of hydrogen-bond acceptors (Lipinski definition) is 2. The lowest BCUT2D eigenvalue weighted by Gasteiger charge is -1.07. The van der Waals surface area contributed by atoms with Crippen molar-refractivity contribution in [3.8, 4) is 0 Å². The Hall–Kier alpha value is -0.0800. The predicted molar refractivity (Wildman–Crippen MR) is 21.4 cm³/mol. The molecule has 2 heteroatoms. The highest BCUT2D eigenvalue weighted by atomic mass is 14.0. The molecule has 0 aromatic rings. The monoisotopic (exact) mass is 66.1 g/mol. The topological polar surface area (TPSA) is 70.0 Å². The van der Waals surface area contributed by atoms with Gasteiger partial charge in [0.15, 0.2) is 0 Å². The summed E-state index contributed by atoms with van der Waals surface area (Å²) in [7, 11) is 0. The van der Waals surface area contributed by atoms with E-state index in [1.807, 2.05) is 0 Å². The van der Waals surface area contributed by atoms with Gasteiger partial charge in [0, 0.05) is 2.74 Å². The molecule has 0 aliphatic carbocycles. The molecule has 30 valence electrons. The van der Waals surface area contributed by atoms with E-state index >= 15 is 0 Å². The molecular weight excluding hydrogens is 52.0 g/mol. The lowest BCUT2D eigenvalue weighted by molar-refractivity contribution is 1.50. The van der Waals surface area contributed by atoms with Crippen molar-refractivity contribution in [3.63, 3.8) is 0 Å². The van der Waals surface area contributed by atoms with E-state index in [0.29, 0.717) is 0 Å². The zero-order valence-corrected chi connectivity index (χ0v) is 2.83. The summed E-state index contributed by atoms with van der Waals surface area (Å²) < 4.78 is 12.5. The molecule has 0 amide bonds. The van der Waals surface area contributed by atoms with Gasteiger partial charge in [-0.2, -0.15) is 0 Å². The van der Waals surface area contributed by atoms with Gasteiger partial charge >= 0.3 is 0 Å². The van der Waals surface area contributed by atoms with Crippen LogP contribution in [0.5, 0.6) is 0 Å². The first-order valence-electron chi connectivity index (χ1n) is 1.91. The van der Waals surface area contributed by atoms with Gasteiger partial charge in [-0.3, -0.25) is 0 Å². The van der Waals surface area contributed by atoms with Crippen molar-refractivity contribution >= 4 is 0 Å². The molecule has 2 nitrogen and oxygen atoms in total. The van der Waals surface area contributed by atoms with Gasteiger partial charge in [0.1, 0.15) is 0 Å². The fraction of sp³-hybridized carbons (Fsp3) is 1.00. The van der Waals surface area contributed by atoms with Gasteiger partial charge in [-0.1, -0.05) is 13.8 Å². The van der Waals surface area contributed by atoms with E-state index < -0.39 is 0 Å². The maximum absolute atomic E-state index is 6.26. The Balaban J connectivity index is -0.0000000450. The molecule has 0 saturated carbocycles. The van der Waals surface area contributed by atoms with Crippen molar-refractivity contribution < 1.29 is 2.74 Å². The minimum Gasteiger partial charge on any atom is -0.344 e. The Morgan fingerprint density at radius 3 is 1.50 bits per heavy atom. The highest BCUT2D eigenvalue weighted by Gasteiger charge is 0.932. The molecule has 0 radical (unpaired) electrons. The van der Waals surface area contributed by atoms with Crippen molar-refractivity contribution in [2.24, 2.45) is 0 Å². The normalized spacial score (nSPS) is 8.00. The van der Waals surface area contributed by atoms with E-state index in [9.17, 15) is 0 Å². The number of hydrogen-bond donors (Lipinski definition) is 2. The van der Waals surface area contributed by atoms with Crippen LogP contribution in [-0.4, -0.2) is 0 Å². The summed E-state index contributed by atoms with van der Waals surface area (Å²) in [5.41, 5.74) is 0. The molecule has 0 aromatic carbocycles. The summed E-state index contributed by atoms with van der Waals surface area (Å²) in [6.07, 6.45) is 0. The Morgan fingerprint density at radius 1 is 1.25 bits per heavy atom. The van der Waals surface area contributed by atoms with Crippen LogP contribution in [0, 0.1) is 0 Å². The summed E-state index contributed by atoms with van der Waals surface area (Å²) in [6, 6.07) is 0. The smallest absolute Gasteiger partial charge is 0.0228 e. The average Bonchev–Trinajstić information content (AvgIpc) is 1.37. The first-order chi connectivity index (χ1) is 1.91. The van der Waals surface area contributed by atoms with Crippen LogP contribution in [-0.2, 0) is 0 Å². The summed E-state index contributed by atoms with van der Waals surface area (Å²) in [6.45, 7) is 0.472. The lowest BCUT2D eigenvalue weighted by atomic mass is 11.0. The molecule has 6 N–H and O–H groups in total. The van der Waals surface area contributed by atoms with Crippen LogP contribution in [0.2, 0.25) is 0 Å². The minimum absolute atomic E-state index is 0. The Bertz CT molecular complexity index is 11.5. The largest absolute Gasteiger partial charge is 0.344 e. The predicted octanol–water partition coefficient (Wildman–Crippen LogP) is 1.35. The molecule has 0 unspecified atom stereocenters. The van der Waals surface area contributed by atoms with E-state index in [0.717, 1.165) is 0 Å². The van der Waals surface area contributed by atoms with E-state index in [4.69, 9.17) is 2.74 Å². The molecule has 0 aliphatic heterocycles. The maximum atomic E-state index is 6.26. The van der Waals surface area contributed by atoms with Gasteiger partial charge in [-0.15, -0.1) is 0 Å². The van der Waals surface area contributed by atoms with Gasteiger partial charge in [-0.25, -0.2) is 0 Å². The Kier molecular flexibility index (Phi) is 1650. The van der Waals surface area contributed by atoms with E-state index in [1.54, 1.807) is 0 Å². The molecule has 0 spiro atoms. The van der Waals surface area contributed by atoms with Gasteiger partial charge in [-0.05, 0) is 0 Å². The van der Waals surface area contributed by atoms with Gasteiger partial charge < -0.3 is 12.3 Å². The summed E-state index contributed by atoms with van der Waals surface area (Å²) in [5.74, 6) is 0. The van der Waals surface area contributed by atoms with Crippen molar-refractivity contribution in [1.29, 1.82) is 0 Å². The van der Waals surface area contributed by atoms with Crippen molar-refractivity contribution in [3.05, 3.63) is 0 Å². The summed E-state index contributed by atoms with van der Waals surface area (Å²) >= 11 is 0. The van der Waals surface area contributed by atoms with Crippen molar-refractivity contribution in [1.82, 2.24) is 12.3 Å². The summed E-state index contributed by atoms with van der Waals surface area (Å²) in [4.78, 5) is 0. The third-order valence-corrected chi connectivity index (χ3v) is 0. The Morgan fingerprint density at radius 2 is 1.50 bits per heavy atom. The molecule has 0 saturated heterocycles. The van der Waals surface area contributed by atoms with Gasteiger partial charge in [0.05, 0.1) is 0 Å². The molecule has 0 fully saturated rings. The van der Waals surface area contributed by atoms with Crippen LogP contribution in [0.3, 0.4) is 0 Å². The zero-order valence-electron chi connectivity index (χ0n) is 4.83. The SMILES string of the molecule is N.N.[2H]CC[2H]. The molecule has 0 heterocycles. The maximum Gasteiger partial charge on any atom is 0.0228 e. The number of rotatable bonds is 0. The quantitative estimate of drug-likeness (QED) is 0.448. The molecule has 0 aromatic heterocycles. The third kappa shape index (κ3) is 254. The Labute approximate surface area is 30.2 Å². The third-order valence-electron chi connectivity index (χ3n) is 0. The second-order valence-corrected chi connectivity index (χ2v) is 0. The first kappa shape index (κ1) is 3.92. The second kappa shape index (κ2) is 1680. The van der Waals surface area contributed by atoms with Gasteiger partial charge in [0.2, 0.25) is 0 Å². The fourth-order valence-corrected chi connectivity index (χ4v) is 0. The van der Waals surface area contributed by atoms with E-state index in [1.165, 1.54) is 0 Å². The molecule has 0 atom stereocenters. The molecule has 4 heavy (non-hydrogen) atoms. The minimum atomic E-state index is 0. The van der Waals surface area contributed by atoms with Crippen LogP contribution in [0.25, 0.3) is 0 Å². The molecule has 0 rings (SSSR count). The van der Waals surface area contributed by atoms with Crippen LogP contribution in [0.15, 0.2) is 0 Å². The van der Waals surface area contributed by atoms with Crippen LogP contribution < -0.4 is 12.3 Å². The van der Waals surface area contributed by atoms with Crippen LogP contribution >= 0.6 is 0 Å². The average molecular weight is 66.1 g/mol. The molecule has 0 aliphatic rings. The van der Waals surface area contributed by atoms with Crippen molar-refractivity contribution in [2.45, 2.75) is 13.8 Å². The second-order valence-electron chi connectivity index (χ2n) is 0. The standard InChI is InChI=1S/C2H6.2H3N/c1-2;;/h1-2H3;2*1H3/i1D,2D;;. The fourth-order valence-electron chi connectivity index (χ4n) is 0.